The third-order valence-electron chi connectivity index (χ3n) is 4.30. The van der Waals surface area contributed by atoms with Crippen LogP contribution in [0.2, 0.25) is 0 Å². The molecule has 0 saturated carbocycles. The SMILES string of the molecule is COc1ccc(CC(=O)Nc2ccc(NC3CCS(=O)(=O)C3)cc2)cc1. The van der Waals surface area contributed by atoms with Gasteiger partial charge in [0.2, 0.25) is 5.91 Å². The lowest BCUT2D eigenvalue weighted by Gasteiger charge is -2.13. The van der Waals surface area contributed by atoms with Crippen molar-refractivity contribution in [2.75, 3.05) is 29.2 Å². The molecule has 2 aromatic carbocycles. The topological polar surface area (TPSA) is 84.5 Å². The Hall–Kier alpha value is -2.54. The third kappa shape index (κ3) is 4.98. The lowest BCUT2D eigenvalue weighted by Crippen LogP contribution is -2.20. The van der Waals surface area contributed by atoms with Crippen LogP contribution in [0.15, 0.2) is 48.5 Å². The lowest BCUT2D eigenvalue weighted by atomic mass is 10.1. The van der Waals surface area contributed by atoms with Gasteiger partial charge in [-0.1, -0.05) is 12.1 Å². The first-order chi connectivity index (χ1) is 12.4. The molecule has 0 aliphatic carbocycles. The second kappa shape index (κ2) is 7.78. The summed E-state index contributed by atoms with van der Waals surface area (Å²) < 4.78 is 28.1. The highest BCUT2D eigenvalue weighted by molar-refractivity contribution is 7.91. The van der Waals surface area contributed by atoms with Gasteiger partial charge in [-0.3, -0.25) is 4.79 Å². The van der Waals surface area contributed by atoms with Crippen LogP contribution >= 0.6 is 0 Å². The van der Waals surface area contributed by atoms with Gasteiger partial charge in [-0.15, -0.1) is 0 Å². The molecule has 1 heterocycles. The molecule has 0 aromatic heterocycles. The Morgan fingerprint density at radius 3 is 2.31 bits per heavy atom. The van der Waals surface area contributed by atoms with E-state index in [0.717, 1.165) is 17.0 Å². The average molecular weight is 374 g/mol. The molecule has 3 rings (SSSR count). The van der Waals surface area contributed by atoms with Gasteiger partial charge in [-0.2, -0.15) is 0 Å². The Kier molecular flexibility index (Phi) is 5.46. The molecule has 0 spiro atoms. The van der Waals surface area contributed by atoms with E-state index < -0.39 is 9.84 Å². The van der Waals surface area contributed by atoms with Crippen LogP contribution in [0, 0.1) is 0 Å². The summed E-state index contributed by atoms with van der Waals surface area (Å²) in [6.07, 6.45) is 0.909. The molecule has 2 aromatic rings. The number of rotatable bonds is 6. The molecule has 138 valence electrons. The number of ether oxygens (including phenoxy) is 1. The highest BCUT2D eigenvalue weighted by atomic mass is 32.2. The van der Waals surface area contributed by atoms with Gasteiger partial charge in [-0.25, -0.2) is 8.42 Å². The molecule has 1 unspecified atom stereocenters. The van der Waals surface area contributed by atoms with Crippen molar-refractivity contribution in [3.63, 3.8) is 0 Å². The first-order valence-corrected chi connectivity index (χ1v) is 10.3. The van der Waals surface area contributed by atoms with Crippen molar-refractivity contribution in [1.29, 1.82) is 0 Å². The molecule has 0 radical (unpaired) electrons. The summed E-state index contributed by atoms with van der Waals surface area (Å²) in [6, 6.07) is 14.6. The van der Waals surface area contributed by atoms with Gasteiger partial charge in [0, 0.05) is 17.4 Å². The van der Waals surface area contributed by atoms with Crippen LogP contribution in [0.25, 0.3) is 0 Å². The predicted molar refractivity (Wildman–Crippen MR) is 102 cm³/mol. The Bertz CT molecular complexity index is 861. The molecular weight excluding hydrogens is 352 g/mol. The normalized spacial score (nSPS) is 18.3. The first kappa shape index (κ1) is 18.3. The van der Waals surface area contributed by atoms with E-state index in [2.05, 4.69) is 10.6 Å². The molecule has 2 N–H and O–H groups in total. The second-order valence-electron chi connectivity index (χ2n) is 6.39. The number of carbonyl (C=O) groups excluding carboxylic acids is 1. The summed E-state index contributed by atoms with van der Waals surface area (Å²) in [4.78, 5) is 12.1. The highest BCUT2D eigenvalue weighted by Gasteiger charge is 2.27. The highest BCUT2D eigenvalue weighted by Crippen LogP contribution is 2.20. The number of hydrogen-bond donors (Lipinski definition) is 2. The van der Waals surface area contributed by atoms with E-state index >= 15 is 0 Å². The molecule has 1 aliphatic rings. The minimum absolute atomic E-state index is 0.0458. The van der Waals surface area contributed by atoms with Crippen molar-refractivity contribution in [2.45, 2.75) is 18.9 Å². The number of carbonyl (C=O) groups is 1. The van der Waals surface area contributed by atoms with Crippen LogP contribution in [0.1, 0.15) is 12.0 Å². The fourth-order valence-electron chi connectivity index (χ4n) is 2.93. The minimum Gasteiger partial charge on any atom is -0.497 e. The molecule has 1 atom stereocenters. The van der Waals surface area contributed by atoms with E-state index in [0.29, 0.717) is 12.1 Å². The summed E-state index contributed by atoms with van der Waals surface area (Å²) in [7, 11) is -1.30. The van der Waals surface area contributed by atoms with Crippen molar-refractivity contribution in [1.82, 2.24) is 0 Å². The molecule has 1 saturated heterocycles. The monoisotopic (exact) mass is 374 g/mol. The van der Waals surface area contributed by atoms with E-state index in [1.54, 1.807) is 19.2 Å². The van der Waals surface area contributed by atoms with Gasteiger partial charge in [0.1, 0.15) is 5.75 Å². The maximum atomic E-state index is 12.1. The molecule has 1 aliphatic heterocycles. The number of nitrogens with one attached hydrogen (secondary N) is 2. The summed E-state index contributed by atoms with van der Waals surface area (Å²) in [5.74, 6) is 1.07. The Morgan fingerprint density at radius 1 is 1.08 bits per heavy atom. The van der Waals surface area contributed by atoms with E-state index in [1.807, 2.05) is 36.4 Å². The van der Waals surface area contributed by atoms with E-state index in [-0.39, 0.29) is 29.9 Å². The van der Waals surface area contributed by atoms with Crippen LogP contribution < -0.4 is 15.4 Å². The smallest absolute Gasteiger partial charge is 0.228 e. The quantitative estimate of drug-likeness (QED) is 0.811. The van der Waals surface area contributed by atoms with Gasteiger partial charge in [-0.05, 0) is 48.4 Å². The summed E-state index contributed by atoms with van der Waals surface area (Å²) >= 11 is 0. The number of sulfone groups is 1. The van der Waals surface area contributed by atoms with Crippen molar-refractivity contribution in [3.05, 3.63) is 54.1 Å². The number of benzene rings is 2. The molecule has 0 bridgehead atoms. The zero-order valence-electron chi connectivity index (χ0n) is 14.6. The largest absolute Gasteiger partial charge is 0.497 e. The Labute approximate surface area is 153 Å². The van der Waals surface area contributed by atoms with E-state index in [4.69, 9.17) is 4.74 Å². The standard InChI is InChI=1S/C19H22N2O4S/c1-25-18-8-2-14(3-9-18)12-19(22)21-16-6-4-15(5-7-16)20-17-10-11-26(23,24)13-17/h2-9,17,20H,10-13H2,1H3,(H,21,22). The summed E-state index contributed by atoms with van der Waals surface area (Å²) in [5, 5.41) is 6.08. The molecule has 1 fully saturated rings. The summed E-state index contributed by atoms with van der Waals surface area (Å²) in [5.41, 5.74) is 2.46. The second-order valence-corrected chi connectivity index (χ2v) is 8.62. The van der Waals surface area contributed by atoms with Gasteiger partial charge in [0.05, 0.1) is 25.0 Å². The van der Waals surface area contributed by atoms with Gasteiger partial charge in [0.25, 0.3) is 0 Å². The van der Waals surface area contributed by atoms with E-state index in [9.17, 15) is 13.2 Å². The number of anilines is 2. The zero-order valence-corrected chi connectivity index (χ0v) is 15.4. The lowest BCUT2D eigenvalue weighted by molar-refractivity contribution is -0.115. The average Bonchev–Trinajstić information content (AvgIpc) is 2.96. The van der Waals surface area contributed by atoms with Crippen LogP contribution in [-0.2, 0) is 21.1 Å². The minimum atomic E-state index is -2.90. The number of methoxy groups -OCH3 is 1. The van der Waals surface area contributed by atoms with Gasteiger partial charge >= 0.3 is 0 Å². The fourth-order valence-corrected chi connectivity index (χ4v) is 4.60. The Morgan fingerprint density at radius 2 is 1.73 bits per heavy atom. The maximum absolute atomic E-state index is 12.1. The van der Waals surface area contributed by atoms with Crippen molar-refractivity contribution < 1.29 is 17.9 Å². The van der Waals surface area contributed by atoms with Crippen LogP contribution in [0.3, 0.4) is 0 Å². The van der Waals surface area contributed by atoms with Crippen molar-refractivity contribution >= 4 is 27.1 Å². The van der Waals surface area contributed by atoms with Gasteiger partial charge < -0.3 is 15.4 Å². The molecule has 7 heteroatoms. The molecular formula is C19H22N2O4S. The maximum Gasteiger partial charge on any atom is 0.228 e. The van der Waals surface area contributed by atoms with E-state index in [1.165, 1.54) is 0 Å². The third-order valence-corrected chi connectivity index (χ3v) is 6.06. The molecule has 6 nitrogen and oxygen atoms in total. The molecule has 1 amide bonds. The van der Waals surface area contributed by atoms with Gasteiger partial charge in [0.15, 0.2) is 9.84 Å². The number of hydrogen-bond acceptors (Lipinski definition) is 5. The van der Waals surface area contributed by atoms with Crippen molar-refractivity contribution in [2.24, 2.45) is 0 Å². The summed E-state index contributed by atoms with van der Waals surface area (Å²) in [6.45, 7) is 0. The van der Waals surface area contributed by atoms with Crippen LogP contribution in [-0.4, -0.2) is 39.0 Å². The predicted octanol–water partition coefficient (Wildman–Crippen LogP) is 2.48. The zero-order chi connectivity index (χ0) is 18.6. The molecule has 26 heavy (non-hydrogen) atoms. The Balaban J connectivity index is 1.52. The first-order valence-electron chi connectivity index (χ1n) is 8.43. The fraction of sp³-hybridized carbons (Fsp3) is 0.316. The van der Waals surface area contributed by atoms with Crippen LogP contribution in [0.4, 0.5) is 11.4 Å². The van der Waals surface area contributed by atoms with Crippen LogP contribution in [0.5, 0.6) is 5.75 Å². The number of amides is 1. The van der Waals surface area contributed by atoms with Crippen molar-refractivity contribution in [3.8, 4) is 5.75 Å².